The van der Waals surface area contributed by atoms with E-state index < -0.39 is 6.09 Å². The van der Waals surface area contributed by atoms with E-state index in [-0.39, 0.29) is 5.54 Å². The molecule has 6 nitrogen and oxygen atoms in total. The van der Waals surface area contributed by atoms with Crippen molar-refractivity contribution in [1.82, 2.24) is 15.1 Å². The maximum atomic E-state index is 11.0. The van der Waals surface area contributed by atoms with Gasteiger partial charge in [0.2, 0.25) is 0 Å². The highest BCUT2D eigenvalue weighted by molar-refractivity contribution is 6.35. The van der Waals surface area contributed by atoms with Crippen LogP contribution in [0.25, 0.3) is 10.9 Å². The SMILES string of the molecule is COCCCn1nc(C)c2c(Cl)cc(CC3(NC(=O)O)CC3)cc21. The predicted molar refractivity (Wildman–Crippen MR) is 92.8 cm³/mol. The first-order valence-corrected chi connectivity index (χ1v) is 8.47. The summed E-state index contributed by atoms with van der Waals surface area (Å²) in [5.74, 6) is 0. The number of halogens is 1. The first-order valence-electron chi connectivity index (χ1n) is 8.10. The van der Waals surface area contributed by atoms with Crippen LogP contribution >= 0.6 is 11.6 Å². The van der Waals surface area contributed by atoms with Crippen LogP contribution in [0.5, 0.6) is 0 Å². The second-order valence-corrected chi connectivity index (χ2v) is 6.92. The van der Waals surface area contributed by atoms with E-state index in [1.165, 1.54) is 0 Å². The first kappa shape index (κ1) is 17.0. The number of benzene rings is 1. The van der Waals surface area contributed by atoms with Gasteiger partial charge in [-0.2, -0.15) is 5.10 Å². The molecular formula is C17H22ClN3O3. The normalized spacial score (nSPS) is 15.6. The number of ether oxygens (including phenoxy) is 1. The van der Waals surface area contributed by atoms with Gasteiger partial charge in [0.25, 0.3) is 0 Å². The number of aryl methyl sites for hydroxylation is 2. The third-order valence-corrected chi connectivity index (χ3v) is 4.82. The Bertz CT molecular complexity index is 768. The fraction of sp³-hybridized carbons (Fsp3) is 0.529. The molecular weight excluding hydrogens is 330 g/mol. The molecule has 0 radical (unpaired) electrons. The molecule has 1 aliphatic carbocycles. The van der Waals surface area contributed by atoms with Gasteiger partial charge in [0, 0.05) is 31.2 Å². The molecule has 7 heteroatoms. The third-order valence-electron chi connectivity index (χ3n) is 4.53. The highest BCUT2D eigenvalue weighted by Crippen LogP contribution is 2.40. The zero-order chi connectivity index (χ0) is 17.3. The molecule has 0 saturated heterocycles. The number of aromatic nitrogens is 2. The second-order valence-electron chi connectivity index (χ2n) is 6.51. The summed E-state index contributed by atoms with van der Waals surface area (Å²) < 4.78 is 7.07. The van der Waals surface area contributed by atoms with E-state index in [0.717, 1.165) is 48.0 Å². The predicted octanol–water partition coefficient (Wildman–Crippen LogP) is 3.38. The van der Waals surface area contributed by atoms with Gasteiger partial charge in [-0.25, -0.2) is 4.79 Å². The minimum Gasteiger partial charge on any atom is -0.465 e. The van der Waals surface area contributed by atoms with Gasteiger partial charge in [-0.3, -0.25) is 4.68 Å². The Hall–Kier alpha value is -1.79. The van der Waals surface area contributed by atoms with Crippen molar-refractivity contribution in [2.45, 2.75) is 44.7 Å². The quantitative estimate of drug-likeness (QED) is 0.750. The number of amides is 1. The van der Waals surface area contributed by atoms with Crippen LogP contribution in [0, 0.1) is 6.92 Å². The number of nitrogens with zero attached hydrogens (tertiary/aromatic N) is 2. The second kappa shape index (κ2) is 6.61. The molecule has 3 rings (SSSR count). The molecule has 130 valence electrons. The zero-order valence-corrected chi connectivity index (χ0v) is 14.7. The summed E-state index contributed by atoms with van der Waals surface area (Å²) in [7, 11) is 1.69. The molecule has 0 aliphatic heterocycles. The lowest BCUT2D eigenvalue weighted by molar-refractivity contribution is 0.188. The van der Waals surface area contributed by atoms with Crippen molar-refractivity contribution in [2.24, 2.45) is 0 Å². The number of hydrogen-bond acceptors (Lipinski definition) is 3. The van der Waals surface area contributed by atoms with Gasteiger partial charge < -0.3 is 15.2 Å². The fourth-order valence-corrected chi connectivity index (χ4v) is 3.61. The Morgan fingerprint density at radius 1 is 1.50 bits per heavy atom. The molecule has 1 fully saturated rings. The lowest BCUT2D eigenvalue weighted by Gasteiger charge is -2.16. The Morgan fingerprint density at radius 2 is 2.25 bits per heavy atom. The molecule has 1 heterocycles. The number of nitrogens with one attached hydrogen (secondary N) is 1. The number of carbonyl (C=O) groups is 1. The van der Waals surface area contributed by atoms with E-state index in [2.05, 4.69) is 16.5 Å². The van der Waals surface area contributed by atoms with Gasteiger partial charge in [0.1, 0.15) is 0 Å². The minimum atomic E-state index is -0.972. The number of carboxylic acid groups (broad SMARTS) is 1. The van der Waals surface area contributed by atoms with Gasteiger partial charge in [-0.05, 0) is 50.3 Å². The topological polar surface area (TPSA) is 76.4 Å². The summed E-state index contributed by atoms with van der Waals surface area (Å²) >= 11 is 6.48. The Labute approximate surface area is 145 Å². The smallest absolute Gasteiger partial charge is 0.405 e. The van der Waals surface area contributed by atoms with Gasteiger partial charge in [-0.15, -0.1) is 0 Å². The van der Waals surface area contributed by atoms with Crippen LogP contribution in [0.1, 0.15) is 30.5 Å². The summed E-state index contributed by atoms with van der Waals surface area (Å²) in [6.07, 6.45) is 2.28. The van der Waals surface area contributed by atoms with Crippen LogP contribution in [0.15, 0.2) is 12.1 Å². The molecule has 1 saturated carbocycles. The van der Waals surface area contributed by atoms with Crippen molar-refractivity contribution < 1.29 is 14.6 Å². The minimum absolute atomic E-state index is 0.335. The highest BCUT2D eigenvalue weighted by Gasteiger charge is 2.44. The van der Waals surface area contributed by atoms with E-state index in [1.54, 1.807) is 7.11 Å². The van der Waals surface area contributed by atoms with E-state index in [9.17, 15) is 4.79 Å². The fourth-order valence-electron chi connectivity index (χ4n) is 3.24. The van der Waals surface area contributed by atoms with Crippen LogP contribution in [0.3, 0.4) is 0 Å². The summed E-state index contributed by atoms with van der Waals surface area (Å²) in [6.45, 7) is 3.39. The molecule has 2 N–H and O–H groups in total. The molecule has 1 aliphatic rings. The number of fused-ring (bicyclic) bond motifs is 1. The van der Waals surface area contributed by atoms with Crippen molar-refractivity contribution in [3.63, 3.8) is 0 Å². The van der Waals surface area contributed by atoms with Crippen LogP contribution in [-0.4, -0.2) is 40.2 Å². The average Bonchev–Trinajstić information content (AvgIpc) is 3.15. The summed E-state index contributed by atoms with van der Waals surface area (Å²) in [6, 6.07) is 4.01. The molecule has 0 bridgehead atoms. The van der Waals surface area contributed by atoms with Crippen LogP contribution in [0.4, 0.5) is 4.79 Å². The van der Waals surface area contributed by atoms with Crippen LogP contribution in [0.2, 0.25) is 5.02 Å². The maximum Gasteiger partial charge on any atom is 0.405 e. The molecule has 1 amide bonds. The van der Waals surface area contributed by atoms with Crippen LogP contribution < -0.4 is 5.32 Å². The van der Waals surface area contributed by atoms with Crippen LogP contribution in [-0.2, 0) is 17.7 Å². The lowest BCUT2D eigenvalue weighted by Crippen LogP contribution is -2.37. The summed E-state index contributed by atoms with van der Waals surface area (Å²) in [5.41, 5.74) is 2.60. The van der Waals surface area contributed by atoms with Crippen molar-refractivity contribution in [2.75, 3.05) is 13.7 Å². The van der Waals surface area contributed by atoms with Crippen molar-refractivity contribution in [1.29, 1.82) is 0 Å². The molecule has 1 aromatic heterocycles. The first-order chi connectivity index (χ1) is 11.4. The standard InChI is InChI=1S/C17H22ClN3O3/c1-11-15-13(18)8-12(10-17(4-5-17)19-16(22)23)9-14(15)21(20-11)6-3-7-24-2/h8-9,19H,3-7,10H2,1-2H3,(H,22,23). The third kappa shape index (κ3) is 3.49. The van der Waals surface area contributed by atoms with E-state index in [0.29, 0.717) is 18.1 Å². The molecule has 24 heavy (non-hydrogen) atoms. The molecule has 0 unspecified atom stereocenters. The molecule has 0 atom stereocenters. The largest absolute Gasteiger partial charge is 0.465 e. The molecule has 1 aromatic carbocycles. The van der Waals surface area contributed by atoms with E-state index in [4.69, 9.17) is 21.4 Å². The zero-order valence-electron chi connectivity index (χ0n) is 13.9. The van der Waals surface area contributed by atoms with Gasteiger partial charge >= 0.3 is 6.09 Å². The lowest BCUT2D eigenvalue weighted by atomic mass is 10.0. The number of hydrogen-bond donors (Lipinski definition) is 2. The highest BCUT2D eigenvalue weighted by atomic mass is 35.5. The van der Waals surface area contributed by atoms with Crippen molar-refractivity contribution in [3.8, 4) is 0 Å². The average molecular weight is 352 g/mol. The summed E-state index contributed by atoms with van der Waals surface area (Å²) in [4.78, 5) is 11.0. The maximum absolute atomic E-state index is 11.0. The summed E-state index contributed by atoms with van der Waals surface area (Å²) in [5, 5.41) is 17.9. The Morgan fingerprint density at radius 3 is 2.88 bits per heavy atom. The van der Waals surface area contributed by atoms with Gasteiger partial charge in [-0.1, -0.05) is 11.6 Å². The molecule has 0 spiro atoms. The van der Waals surface area contributed by atoms with Gasteiger partial charge in [0.15, 0.2) is 0 Å². The molecule has 2 aromatic rings. The van der Waals surface area contributed by atoms with Crippen molar-refractivity contribution >= 4 is 28.6 Å². The van der Waals surface area contributed by atoms with E-state index in [1.807, 2.05) is 17.7 Å². The van der Waals surface area contributed by atoms with E-state index >= 15 is 0 Å². The van der Waals surface area contributed by atoms with Crippen molar-refractivity contribution in [3.05, 3.63) is 28.4 Å². The monoisotopic (exact) mass is 351 g/mol. The number of methoxy groups -OCH3 is 1. The number of rotatable bonds is 7. The van der Waals surface area contributed by atoms with Gasteiger partial charge in [0.05, 0.1) is 16.2 Å². The Balaban J connectivity index is 1.90. The Kier molecular flexibility index (Phi) is 4.69.